The fraction of sp³-hybridized carbons (Fsp3) is 0.667. The van der Waals surface area contributed by atoms with E-state index in [4.69, 9.17) is 4.74 Å². The lowest BCUT2D eigenvalue weighted by atomic mass is 9.97. The van der Waals surface area contributed by atoms with E-state index in [0.29, 0.717) is 19.3 Å². The molecule has 0 aromatic carbocycles. The third-order valence-corrected chi connectivity index (χ3v) is 2.36. The van der Waals surface area contributed by atoms with Crippen molar-refractivity contribution in [3.63, 3.8) is 0 Å². The molecule has 1 heterocycles. The van der Waals surface area contributed by atoms with Crippen molar-refractivity contribution in [3.8, 4) is 11.8 Å². The van der Waals surface area contributed by atoms with Crippen LogP contribution in [0.3, 0.4) is 0 Å². The van der Waals surface area contributed by atoms with Crippen LogP contribution in [0.1, 0.15) is 39.5 Å². The molecule has 0 saturated carbocycles. The van der Waals surface area contributed by atoms with Gasteiger partial charge in [-0.2, -0.15) is 0 Å². The number of ether oxygens (including phenoxy) is 1. The molecule has 3 heteroatoms. The molecule has 1 aliphatic rings. The van der Waals surface area contributed by atoms with E-state index < -0.39 is 5.92 Å². The first kappa shape index (κ1) is 11.8. The van der Waals surface area contributed by atoms with Gasteiger partial charge in [0.15, 0.2) is 0 Å². The molecule has 15 heavy (non-hydrogen) atoms. The molecule has 0 bridgehead atoms. The molecule has 1 saturated heterocycles. The molecule has 3 nitrogen and oxygen atoms in total. The molecule has 1 fully saturated rings. The van der Waals surface area contributed by atoms with E-state index in [9.17, 15) is 9.59 Å². The SMILES string of the molecule is CCC#CCCC(=O)C1CC(C)OC1=O. The Balaban J connectivity index is 2.37. The third-order valence-electron chi connectivity index (χ3n) is 2.36. The zero-order chi connectivity index (χ0) is 11.3. The molecule has 0 N–H and O–H groups in total. The first-order chi connectivity index (χ1) is 7.15. The van der Waals surface area contributed by atoms with E-state index in [-0.39, 0.29) is 17.9 Å². The Hall–Kier alpha value is -1.30. The van der Waals surface area contributed by atoms with Gasteiger partial charge in [0.1, 0.15) is 17.8 Å². The molecular formula is C12H16O3. The normalized spacial score (nSPS) is 24.3. The molecule has 0 aliphatic carbocycles. The minimum absolute atomic E-state index is 0.0326. The van der Waals surface area contributed by atoms with Crippen LogP contribution in [0.15, 0.2) is 0 Å². The topological polar surface area (TPSA) is 43.4 Å². The molecular weight excluding hydrogens is 192 g/mol. The van der Waals surface area contributed by atoms with Gasteiger partial charge >= 0.3 is 5.97 Å². The van der Waals surface area contributed by atoms with Crippen molar-refractivity contribution in [3.05, 3.63) is 0 Å². The van der Waals surface area contributed by atoms with Crippen LogP contribution >= 0.6 is 0 Å². The zero-order valence-corrected chi connectivity index (χ0v) is 9.21. The Labute approximate surface area is 90.2 Å². The molecule has 1 rings (SSSR count). The molecule has 2 unspecified atom stereocenters. The van der Waals surface area contributed by atoms with Gasteiger partial charge in [-0.1, -0.05) is 6.92 Å². The molecule has 0 aromatic heterocycles. The van der Waals surface area contributed by atoms with Crippen molar-refractivity contribution >= 4 is 11.8 Å². The summed E-state index contributed by atoms with van der Waals surface area (Å²) in [6.45, 7) is 3.77. The molecule has 0 aromatic rings. The number of cyclic esters (lactones) is 1. The smallest absolute Gasteiger partial charge is 0.316 e. The van der Waals surface area contributed by atoms with E-state index >= 15 is 0 Å². The minimum Gasteiger partial charge on any atom is -0.462 e. The monoisotopic (exact) mass is 208 g/mol. The summed E-state index contributed by atoms with van der Waals surface area (Å²) in [5, 5.41) is 0. The highest BCUT2D eigenvalue weighted by molar-refractivity contribution is 6.00. The number of carbonyl (C=O) groups excluding carboxylic acids is 2. The Morgan fingerprint density at radius 1 is 1.53 bits per heavy atom. The second-order valence-electron chi connectivity index (χ2n) is 3.71. The van der Waals surface area contributed by atoms with Gasteiger partial charge in [0.25, 0.3) is 0 Å². The second-order valence-corrected chi connectivity index (χ2v) is 3.71. The summed E-state index contributed by atoms with van der Waals surface area (Å²) in [6.07, 6.45) is 2.12. The van der Waals surface area contributed by atoms with Crippen molar-refractivity contribution in [1.82, 2.24) is 0 Å². The van der Waals surface area contributed by atoms with Gasteiger partial charge in [-0.3, -0.25) is 9.59 Å². The second kappa shape index (κ2) is 5.55. The summed E-state index contributed by atoms with van der Waals surface area (Å²) < 4.78 is 4.93. The summed E-state index contributed by atoms with van der Waals surface area (Å²) in [6, 6.07) is 0. The van der Waals surface area contributed by atoms with Crippen molar-refractivity contribution < 1.29 is 14.3 Å². The highest BCUT2D eigenvalue weighted by Gasteiger charge is 2.36. The molecule has 82 valence electrons. The van der Waals surface area contributed by atoms with Gasteiger partial charge in [0.05, 0.1) is 0 Å². The standard InChI is InChI=1S/C12H16O3/c1-3-4-5-6-7-11(13)10-8-9(2)15-12(10)14/h9-10H,3,6-8H2,1-2H3. The third kappa shape index (κ3) is 3.39. The number of ketones is 1. The molecule has 0 radical (unpaired) electrons. The van der Waals surface area contributed by atoms with Crippen LogP contribution in [0.25, 0.3) is 0 Å². The highest BCUT2D eigenvalue weighted by atomic mass is 16.5. The van der Waals surface area contributed by atoms with Gasteiger partial charge < -0.3 is 4.74 Å². The van der Waals surface area contributed by atoms with E-state index in [1.165, 1.54) is 0 Å². The highest BCUT2D eigenvalue weighted by Crippen LogP contribution is 2.22. The number of hydrogen-bond donors (Lipinski definition) is 0. The summed E-state index contributed by atoms with van der Waals surface area (Å²) in [5.74, 6) is 4.85. The molecule has 0 spiro atoms. The van der Waals surface area contributed by atoms with E-state index in [0.717, 1.165) is 6.42 Å². The number of rotatable bonds is 3. The Morgan fingerprint density at radius 3 is 2.80 bits per heavy atom. The van der Waals surface area contributed by atoms with Crippen LogP contribution in [0.2, 0.25) is 0 Å². The van der Waals surface area contributed by atoms with Gasteiger partial charge in [-0.05, 0) is 6.92 Å². The maximum atomic E-state index is 11.6. The lowest BCUT2D eigenvalue weighted by molar-refractivity contribution is -0.146. The predicted octanol–water partition coefficient (Wildman–Crippen LogP) is 1.70. The first-order valence-electron chi connectivity index (χ1n) is 5.34. The predicted molar refractivity (Wildman–Crippen MR) is 56.0 cm³/mol. The molecule has 2 atom stereocenters. The first-order valence-corrected chi connectivity index (χ1v) is 5.34. The average molecular weight is 208 g/mol. The lowest BCUT2D eigenvalue weighted by Gasteiger charge is -2.01. The maximum Gasteiger partial charge on any atom is 0.316 e. The number of esters is 1. The Kier molecular flexibility index (Phi) is 4.36. The van der Waals surface area contributed by atoms with Crippen LogP contribution in [-0.4, -0.2) is 17.9 Å². The van der Waals surface area contributed by atoms with E-state index in [2.05, 4.69) is 11.8 Å². The maximum absolute atomic E-state index is 11.6. The lowest BCUT2D eigenvalue weighted by Crippen LogP contribution is -2.18. The molecule has 1 aliphatic heterocycles. The molecule has 0 amide bonds. The van der Waals surface area contributed by atoms with E-state index in [1.54, 1.807) is 0 Å². The van der Waals surface area contributed by atoms with Gasteiger partial charge in [0.2, 0.25) is 0 Å². The number of Topliss-reactive ketones (excluding diaryl/α,β-unsaturated/α-hetero) is 1. The van der Waals surface area contributed by atoms with Crippen molar-refractivity contribution in [2.24, 2.45) is 5.92 Å². The van der Waals surface area contributed by atoms with Crippen molar-refractivity contribution in [1.29, 1.82) is 0 Å². The summed E-state index contributed by atoms with van der Waals surface area (Å²) >= 11 is 0. The average Bonchev–Trinajstić information content (AvgIpc) is 2.52. The zero-order valence-electron chi connectivity index (χ0n) is 9.21. The van der Waals surface area contributed by atoms with Gasteiger partial charge in [0, 0.05) is 25.7 Å². The fourth-order valence-corrected chi connectivity index (χ4v) is 1.59. The van der Waals surface area contributed by atoms with Gasteiger partial charge in [-0.15, -0.1) is 11.8 Å². The Bertz CT molecular complexity index is 309. The van der Waals surface area contributed by atoms with E-state index in [1.807, 2.05) is 13.8 Å². The summed E-state index contributed by atoms with van der Waals surface area (Å²) in [4.78, 5) is 22.8. The summed E-state index contributed by atoms with van der Waals surface area (Å²) in [7, 11) is 0. The number of hydrogen-bond acceptors (Lipinski definition) is 3. The van der Waals surface area contributed by atoms with Crippen LogP contribution in [0.5, 0.6) is 0 Å². The van der Waals surface area contributed by atoms with Crippen LogP contribution in [-0.2, 0) is 14.3 Å². The quantitative estimate of drug-likeness (QED) is 0.403. The minimum atomic E-state index is -0.538. The van der Waals surface area contributed by atoms with Crippen molar-refractivity contribution in [2.75, 3.05) is 0 Å². The van der Waals surface area contributed by atoms with Crippen LogP contribution < -0.4 is 0 Å². The number of carbonyl (C=O) groups is 2. The van der Waals surface area contributed by atoms with Crippen LogP contribution in [0, 0.1) is 17.8 Å². The van der Waals surface area contributed by atoms with Gasteiger partial charge in [-0.25, -0.2) is 0 Å². The summed E-state index contributed by atoms with van der Waals surface area (Å²) in [5.41, 5.74) is 0. The fourth-order valence-electron chi connectivity index (χ4n) is 1.59. The van der Waals surface area contributed by atoms with Crippen molar-refractivity contribution in [2.45, 2.75) is 45.6 Å². The largest absolute Gasteiger partial charge is 0.462 e. The van der Waals surface area contributed by atoms with Crippen LogP contribution in [0.4, 0.5) is 0 Å². The Morgan fingerprint density at radius 2 is 2.27 bits per heavy atom.